The van der Waals surface area contributed by atoms with Crippen LogP contribution in [0.3, 0.4) is 0 Å². The third kappa shape index (κ3) is 4.24. The molecule has 0 radical (unpaired) electrons. The molecule has 29 heavy (non-hydrogen) atoms. The Kier molecular flexibility index (Phi) is 5.50. The summed E-state index contributed by atoms with van der Waals surface area (Å²) >= 11 is 0. The van der Waals surface area contributed by atoms with Gasteiger partial charge in [0.05, 0.1) is 11.3 Å². The SMILES string of the molecule is Cc1cc(N2CCN(C)CC2)cc([C@H]2CCN(C(=O)c3cnc(C)nc3C)C2)n1. The van der Waals surface area contributed by atoms with E-state index in [1.807, 2.05) is 18.7 Å². The fraction of sp³-hybridized carbons (Fsp3) is 0.545. The monoisotopic (exact) mass is 394 g/mol. The van der Waals surface area contributed by atoms with Crippen molar-refractivity contribution in [2.75, 3.05) is 51.2 Å². The average molecular weight is 395 g/mol. The van der Waals surface area contributed by atoms with Gasteiger partial charge in [0.2, 0.25) is 0 Å². The second-order valence-corrected chi connectivity index (χ2v) is 8.33. The highest BCUT2D eigenvalue weighted by Gasteiger charge is 2.30. The smallest absolute Gasteiger partial charge is 0.257 e. The van der Waals surface area contributed by atoms with E-state index in [-0.39, 0.29) is 11.8 Å². The van der Waals surface area contributed by atoms with Crippen molar-refractivity contribution in [1.82, 2.24) is 24.8 Å². The number of hydrogen-bond acceptors (Lipinski definition) is 6. The Hall–Kier alpha value is -2.54. The van der Waals surface area contributed by atoms with Crippen molar-refractivity contribution in [2.24, 2.45) is 0 Å². The van der Waals surface area contributed by atoms with E-state index in [1.54, 1.807) is 6.20 Å². The van der Waals surface area contributed by atoms with E-state index >= 15 is 0 Å². The first-order chi connectivity index (χ1) is 13.9. The highest BCUT2D eigenvalue weighted by molar-refractivity contribution is 5.95. The quantitative estimate of drug-likeness (QED) is 0.795. The normalized spacial score (nSPS) is 20.3. The lowest BCUT2D eigenvalue weighted by Crippen LogP contribution is -2.44. The van der Waals surface area contributed by atoms with Crippen molar-refractivity contribution >= 4 is 11.6 Å². The minimum atomic E-state index is 0.0249. The number of aryl methyl sites for hydroxylation is 3. The number of likely N-dealkylation sites (tertiary alicyclic amines) is 1. The molecule has 0 N–H and O–H groups in total. The first kappa shape index (κ1) is 19.8. The summed E-state index contributed by atoms with van der Waals surface area (Å²) in [4.78, 5) is 33.1. The van der Waals surface area contributed by atoms with Crippen LogP contribution in [0.5, 0.6) is 0 Å². The van der Waals surface area contributed by atoms with Crippen molar-refractivity contribution in [3.05, 3.63) is 46.8 Å². The van der Waals surface area contributed by atoms with Crippen LogP contribution < -0.4 is 4.90 Å². The summed E-state index contributed by atoms with van der Waals surface area (Å²) < 4.78 is 0. The molecule has 2 aromatic rings. The van der Waals surface area contributed by atoms with Gasteiger partial charge in [-0.15, -0.1) is 0 Å². The van der Waals surface area contributed by atoms with Crippen molar-refractivity contribution < 1.29 is 4.79 Å². The van der Waals surface area contributed by atoms with E-state index in [0.29, 0.717) is 17.9 Å². The van der Waals surface area contributed by atoms with Crippen LogP contribution in [0.15, 0.2) is 18.3 Å². The Morgan fingerprint density at radius 2 is 1.79 bits per heavy atom. The van der Waals surface area contributed by atoms with Gasteiger partial charge in [0, 0.05) is 68.5 Å². The van der Waals surface area contributed by atoms with E-state index in [9.17, 15) is 4.79 Å². The molecular formula is C22H30N6O. The molecule has 4 rings (SSSR count). The maximum atomic E-state index is 13.0. The number of anilines is 1. The Bertz CT molecular complexity index is 906. The van der Waals surface area contributed by atoms with E-state index in [1.165, 1.54) is 5.69 Å². The maximum absolute atomic E-state index is 13.0. The van der Waals surface area contributed by atoms with Gasteiger partial charge in [0.1, 0.15) is 5.82 Å². The van der Waals surface area contributed by atoms with E-state index < -0.39 is 0 Å². The molecule has 2 fully saturated rings. The molecule has 4 heterocycles. The van der Waals surface area contributed by atoms with Gasteiger partial charge in [-0.1, -0.05) is 0 Å². The van der Waals surface area contributed by atoms with Crippen LogP contribution in [0.1, 0.15) is 45.6 Å². The third-order valence-corrected chi connectivity index (χ3v) is 6.05. The van der Waals surface area contributed by atoms with Gasteiger partial charge in [-0.05, 0) is 46.4 Å². The van der Waals surface area contributed by atoms with Crippen molar-refractivity contribution in [3.8, 4) is 0 Å². The van der Waals surface area contributed by atoms with Crippen molar-refractivity contribution in [3.63, 3.8) is 0 Å². The van der Waals surface area contributed by atoms with Crippen molar-refractivity contribution in [2.45, 2.75) is 33.1 Å². The number of carbonyl (C=O) groups excluding carboxylic acids is 1. The molecule has 1 atom stereocenters. The summed E-state index contributed by atoms with van der Waals surface area (Å²) in [5.41, 5.74) is 4.76. The van der Waals surface area contributed by atoms with E-state index in [4.69, 9.17) is 4.98 Å². The zero-order valence-electron chi connectivity index (χ0n) is 17.9. The van der Waals surface area contributed by atoms with Gasteiger partial charge in [0.15, 0.2) is 0 Å². The Labute approximate surface area is 172 Å². The molecule has 0 spiro atoms. The minimum Gasteiger partial charge on any atom is -0.369 e. The Morgan fingerprint density at radius 3 is 2.52 bits per heavy atom. The molecule has 0 unspecified atom stereocenters. The summed E-state index contributed by atoms with van der Waals surface area (Å²) in [5.74, 6) is 0.993. The number of nitrogens with zero attached hydrogens (tertiary/aromatic N) is 6. The molecule has 1 amide bonds. The molecule has 2 aliphatic rings. The van der Waals surface area contributed by atoms with Crippen LogP contribution in [0.4, 0.5) is 5.69 Å². The highest BCUT2D eigenvalue weighted by atomic mass is 16.2. The van der Waals surface area contributed by atoms with Crippen LogP contribution in [-0.2, 0) is 0 Å². The lowest BCUT2D eigenvalue weighted by atomic mass is 10.0. The topological polar surface area (TPSA) is 65.5 Å². The molecule has 0 aromatic carbocycles. The predicted octanol–water partition coefficient (Wildman–Crippen LogP) is 2.18. The fourth-order valence-electron chi connectivity index (χ4n) is 4.28. The van der Waals surface area contributed by atoms with Crippen molar-refractivity contribution in [1.29, 1.82) is 0 Å². The van der Waals surface area contributed by atoms with Crippen LogP contribution in [-0.4, -0.2) is 77.0 Å². The summed E-state index contributed by atoms with van der Waals surface area (Å²) in [6.45, 7) is 11.5. The average Bonchev–Trinajstić information content (AvgIpc) is 3.18. The summed E-state index contributed by atoms with van der Waals surface area (Å²) in [5, 5.41) is 0. The minimum absolute atomic E-state index is 0.0249. The number of pyridine rings is 1. The largest absolute Gasteiger partial charge is 0.369 e. The fourth-order valence-corrected chi connectivity index (χ4v) is 4.28. The zero-order valence-corrected chi connectivity index (χ0v) is 17.9. The summed E-state index contributed by atoms with van der Waals surface area (Å²) in [6, 6.07) is 4.41. The molecular weight excluding hydrogens is 364 g/mol. The van der Waals surface area contributed by atoms with Crippen LogP contribution in [0.25, 0.3) is 0 Å². The van der Waals surface area contributed by atoms with E-state index in [2.05, 4.69) is 45.9 Å². The molecule has 0 aliphatic carbocycles. The Balaban J connectivity index is 1.49. The summed E-state index contributed by atoms with van der Waals surface area (Å²) in [6.07, 6.45) is 2.60. The van der Waals surface area contributed by atoms with Crippen LogP contribution in [0, 0.1) is 20.8 Å². The first-order valence-corrected chi connectivity index (χ1v) is 10.4. The number of likely N-dealkylation sites (N-methyl/N-ethyl adjacent to an activating group) is 1. The van der Waals surface area contributed by atoms with Gasteiger partial charge in [-0.2, -0.15) is 0 Å². The van der Waals surface area contributed by atoms with Crippen LogP contribution in [0.2, 0.25) is 0 Å². The lowest BCUT2D eigenvalue weighted by molar-refractivity contribution is 0.0789. The molecule has 2 aromatic heterocycles. The standard InChI is InChI=1S/C22H30N6O/c1-15-11-19(27-9-7-26(4)8-10-27)12-21(24-15)18-5-6-28(14-18)22(29)20-13-23-17(3)25-16(20)2/h11-13,18H,5-10,14H2,1-4H3/t18-/m0/s1. The van der Waals surface area contributed by atoms with Gasteiger partial charge < -0.3 is 14.7 Å². The number of amides is 1. The zero-order chi connectivity index (χ0) is 20.5. The molecule has 2 saturated heterocycles. The summed E-state index contributed by atoms with van der Waals surface area (Å²) in [7, 11) is 2.17. The lowest BCUT2D eigenvalue weighted by Gasteiger charge is -2.34. The molecule has 7 nitrogen and oxygen atoms in total. The van der Waals surface area contributed by atoms with Gasteiger partial charge in [-0.25, -0.2) is 9.97 Å². The molecule has 2 aliphatic heterocycles. The molecule has 154 valence electrons. The van der Waals surface area contributed by atoms with Crippen LogP contribution >= 0.6 is 0 Å². The Morgan fingerprint density at radius 1 is 1.03 bits per heavy atom. The number of piperazine rings is 1. The maximum Gasteiger partial charge on any atom is 0.257 e. The van der Waals surface area contributed by atoms with E-state index in [0.717, 1.165) is 56.2 Å². The molecule has 0 bridgehead atoms. The first-order valence-electron chi connectivity index (χ1n) is 10.4. The molecule has 0 saturated carbocycles. The number of hydrogen-bond donors (Lipinski definition) is 0. The number of rotatable bonds is 3. The van der Waals surface area contributed by atoms with Gasteiger partial charge in [0.25, 0.3) is 5.91 Å². The second kappa shape index (κ2) is 8.06. The van der Waals surface area contributed by atoms with Gasteiger partial charge in [-0.3, -0.25) is 9.78 Å². The number of aromatic nitrogens is 3. The predicted molar refractivity (Wildman–Crippen MR) is 113 cm³/mol. The second-order valence-electron chi connectivity index (χ2n) is 8.33. The highest BCUT2D eigenvalue weighted by Crippen LogP contribution is 2.30. The molecule has 7 heteroatoms. The third-order valence-electron chi connectivity index (χ3n) is 6.05. The van der Waals surface area contributed by atoms with Gasteiger partial charge >= 0.3 is 0 Å². The number of carbonyl (C=O) groups is 1.